The van der Waals surface area contributed by atoms with Gasteiger partial charge in [-0.05, 0) is 12.8 Å². The fourth-order valence-corrected chi connectivity index (χ4v) is 0.945. The Labute approximate surface area is 77.9 Å². The van der Waals surface area contributed by atoms with Crippen LogP contribution in [0.25, 0.3) is 0 Å². The van der Waals surface area contributed by atoms with Gasteiger partial charge in [0.25, 0.3) is 0 Å². The lowest BCUT2D eigenvalue weighted by molar-refractivity contribution is -0.141. The van der Waals surface area contributed by atoms with Crippen LogP contribution < -0.4 is 0 Å². The zero-order valence-electron chi connectivity index (χ0n) is 8.08. The molecular weight excluding hydrogens is 172 g/mol. The Morgan fingerprint density at radius 3 is 2.46 bits per heavy atom. The van der Waals surface area contributed by atoms with Crippen molar-refractivity contribution in [3.63, 3.8) is 0 Å². The smallest absolute Gasteiger partial charge is 0.306 e. The molecule has 0 aliphatic carbocycles. The van der Waals surface area contributed by atoms with Crippen molar-refractivity contribution in [2.24, 2.45) is 5.92 Å². The molecule has 0 aromatic heterocycles. The molecule has 0 radical (unpaired) electrons. The van der Waals surface area contributed by atoms with Crippen LogP contribution in [0.1, 0.15) is 32.6 Å². The summed E-state index contributed by atoms with van der Waals surface area (Å²) >= 11 is 0. The highest BCUT2D eigenvalue weighted by molar-refractivity contribution is 5.69. The maximum absolute atomic E-state index is 10.7. The van der Waals surface area contributed by atoms with Crippen LogP contribution in [-0.4, -0.2) is 24.2 Å². The van der Waals surface area contributed by atoms with E-state index in [4.69, 9.17) is 5.11 Å². The first kappa shape index (κ1) is 11.9. The number of rotatable bonds is 6. The maximum atomic E-state index is 10.7. The summed E-state index contributed by atoms with van der Waals surface area (Å²) in [5.41, 5.74) is 0. The Morgan fingerprint density at radius 1 is 1.38 bits per heavy atom. The molecule has 1 N–H and O–H groups in total. The third-order valence-corrected chi connectivity index (χ3v) is 1.92. The Balaban J connectivity index is 3.35. The van der Waals surface area contributed by atoms with E-state index < -0.39 is 5.97 Å². The second-order valence-electron chi connectivity index (χ2n) is 3.06. The summed E-state index contributed by atoms with van der Waals surface area (Å²) in [7, 11) is 1.35. The van der Waals surface area contributed by atoms with Crippen LogP contribution in [0.15, 0.2) is 0 Å². The number of hydrogen-bond acceptors (Lipinski definition) is 3. The molecule has 0 spiro atoms. The number of ether oxygens (including phenoxy) is 1. The van der Waals surface area contributed by atoms with Crippen molar-refractivity contribution in [1.29, 1.82) is 0 Å². The van der Waals surface area contributed by atoms with Crippen LogP contribution in [0.2, 0.25) is 0 Å². The van der Waals surface area contributed by atoms with E-state index in [1.807, 2.05) is 0 Å². The van der Waals surface area contributed by atoms with E-state index in [0.717, 1.165) is 6.42 Å². The highest BCUT2D eigenvalue weighted by Gasteiger charge is 2.10. The van der Waals surface area contributed by atoms with E-state index in [2.05, 4.69) is 4.74 Å². The molecule has 0 fully saturated rings. The lowest BCUT2D eigenvalue weighted by Crippen LogP contribution is -2.09. The minimum absolute atomic E-state index is 0.233. The zero-order chi connectivity index (χ0) is 10.3. The van der Waals surface area contributed by atoms with Crippen molar-refractivity contribution >= 4 is 11.9 Å². The summed E-state index contributed by atoms with van der Waals surface area (Å²) in [4.78, 5) is 21.0. The molecular formula is C9H16O4. The summed E-state index contributed by atoms with van der Waals surface area (Å²) in [6.45, 7) is 1.67. The highest BCUT2D eigenvalue weighted by Crippen LogP contribution is 2.09. The van der Waals surface area contributed by atoms with Gasteiger partial charge in [0.1, 0.15) is 0 Å². The fourth-order valence-electron chi connectivity index (χ4n) is 0.945. The van der Waals surface area contributed by atoms with Crippen molar-refractivity contribution in [3.8, 4) is 0 Å². The predicted octanol–water partition coefficient (Wildman–Crippen LogP) is 1.44. The summed E-state index contributed by atoms with van der Waals surface area (Å²) in [5.74, 6) is -1.33. The van der Waals surface area contributed by atoms with E-state index in [1.165, 1.54) is 7.11 Å². The molecule has 0 aliphatic heterocycles. The molecule has 0 heterocycles. The average molecular weight is 188 g/mol. The summed E-state index contributed by atoms with van der Waals surface area (Å²) in [6, 6.07) is 0. The fraction of sp³-hybridized carbons (Fsp3) is 0.778. The molecule has 0 saturated carbocycles. The quantitative estimate of drug-likeness (QED) is 0.506. The summed E-state index contributed by atoms with van der Waals surface area (Å²) < 4.78 is 4.45. The third kappa shape index (κ3) is 6.13. The van der Waals surface area contributed by atoms with Crippen molar-refractivity contribution in [2.75, 3.05) is 7.11 Å². The van der Waals surface area contributed by atoms with E-state index in [0.29, 0.717) is 19.3 Å². The summed E-state index contributed by atoms with van der Waals surface area (Å²) in [5, 5.41) is 8.55. The van der Waals surface area contributed by atoms with Crippen molar-refractivity contribution in [2.45, 2.75) is 32.6 Å². The first-order valence-electron chi connectivity index (χ1n) is 4.37. The number of carbonyl (C=O) groups is 2. The number of hydrogen-bond donors (Lipinski definition) is 1. The minimum Gasteiger partial charge on any atom is -0.481 e. The first-order valence-corrected chi connectivity index (χ1v) is 4.37. The minimum atomic E-state index is -0.780. The number of carbonyl (C=O) groups excluding carboxylic acids is 1. The van der Waals surface area contributed by atoms with Gasteiger partial charge in [0.15, 0.2) is 0 Å². The normalized spacial score (nSPS) is 12.2. The largest absolute Gasteiger partial charge is 0.481 e. The van der Waals surface area contributed by atoms with Gasteiger partial charge < -0.3 is 9.84 Å². The predicted molar refractivity (Wildman–Crippen MR) is 47.3 cm³/mol. The zero-order valence-corrected chi connectivity index (χ0v) is 8.08. The van der Waals surface area contributed by atoms with Crippen molar-refractivity contribution in [3.05, 3.63) is 0 Å². The number of carboxylic acid groups (broad SMARTS) is 1. The lowest BCUT2D eigenvalue weighted by atomic mass is 10.0. The Kier molecular flexibility index (Phi) is 5.93. The molecule has 13 heavy (non-hydrogen) atoms. The van der Waals surface area contributed by atoms with E-state index in [9.17, 15) is 9.59 Å². The number of carboxylic acids is 1. The van der Waals surface area contributed by atoms with Crippen molar-refractivity contribution in [1.82, 2.24) is 0 Å². The van der Waals surface area contributed by atoms with E-state index in [-0.39, 0.29) is 11.9 Å². The van der Waals surface area contributed by atoms with Gasteiger partial charge in [0.05, 0.1) is 13.0 Å². The second-order valence-corrected chi connectivity index (χ2v) is 3.06. The molecule has 0 aromatic carbocycles. The Hall–Kier alpha value is -1.06. The van der Waals surface area contributed by atoms with E-state index in [1.54, 1.807) is 6.92 Å². The van der Waals surface area contributed by atoms with Gasteiger partial charge in [-0.3, -0.25) is 9.59 Å². The summed E-state index contributed by atoms with van der Waals surface area (Å²) in [6.07, 6.45) is 2.45. The van der Waals surface area contributed by atoms with Gasteiger partial charge in [-0.25, -0.2) is 0 Å². The molecule has 0 saturated heterocycles. The van der Waals surface area contributed by atoms with Gasteiger partial charge >= 0.3 is 11.9 Å². The Morgan fingerprint density at radius 2 is 2.00 bits per heavy atom. The van der Waals surface area contributed by atoms with Gasteiger partial charge in [-0.2, -0.15) is 0 Å². The van der Waals surface area contributed by atoms with Gasteiger partial charge in [0.2, 0.25) is 0 Å². The molecule has 4 nitrogen and oxygen atoms in total. The molecule has 1 atom stereocenters. The molecule has 0 aromatic rings. The number of esters is 1. The van der Waals surface area contributed by atoms with E-state index >= 15 is 0 Å². The second kappa shape index (κ2) is 6.46. The first-order chi connectivity index (χ1) is 6.07. The molecule has 0 aliphatic rings. The van der Waals surface area contributed by atoms with Crippen LogP contribution >= 0.6 is 0 Å². The number of aliphatic carboxylic acids is 1. The standard InChI is InChI=1S/C9H16O4/c1-7(9(11)12)5-3-4-6-8(10)13-2/h7H,3-6H2,1-2H3,(H,11,12). The maximum Gasteiger partial charge on any atom is 0.306 e. The Bertz CT molecular complexity index is 176. The van der Waals surface area contributed by atoms with Crippen LogP contribution in [0.3, 0.4) is 0 Å². The molecule has 0 amide bonds. The van der Waals surface area contributed by atoms with Crippen LogP contribution in [0.5, 0.6) is 0 Å². The molecule has 4 heteroatoms. The highest BCUT2D eigenvalue weighted by atomic mass is 16.5. The SMILES string of the molecule is COC(=O)CCCCC(C)C(=O)O. The number of unbranched alkanes of at least 4 members (excludes halogenated alkanes) is 1. The third-order valence-electron chi connectivity index (χ3n) is 1.92. The van der Waals surface area contributed by atoms with Crippen LogP contribution in [-0.2, 0) is 14.3 Å². The number of methoxy groups -OCH3 is 1. The van der Waals surface area contributed by atoms with Crippen molar-refractivity contribution < 1.29 is 19.4 Å². The topological polar surface area (TPSA) is 63.6 Å². The van der Waals surface area contributed by atoms with Gasteiger partial charge in [0, 0.05) is 6.42 Å². The molecule has 76 valence electrons. The monoisotopic (exact) mass is 188 g/mol. The van der Waals surface area contributed by atoms with Crippen LogP contribution in [0, 0.1) is 5.92 Å². The average Bonchev–Trinajstić information content (AvgIpc) is 2.11. The van der Waals surface area contributed by atoms with Gasteiger partial charge in [-0.15, -0.1) is 0 Å². The molecule has 1 unspecified atom stereocenters. The van der Waals surface area contributed by atoms with Gasteiger partial charge in [-0.1, -0.05) is 13.3 Å². The lowest BCUT2D eigenvalue weighted by Gasteiger charge is -2.04. The van der Waals surface area contributed by atoms with Crippen LogP contribution in [0.4, 0.5) is 0 Å². The molecule has 0 rings (SSSR count). The molecule has 0 bridgehead atoms.